The Bertz CT molecular complexity index is 2460. The van der Waals surface area contributed by atoms with Gasteiger partial charge in [0.1, 0.15) is 22.8 Å². The predicted molar refractivity (Wildman–Crippen MR) is 225 cm³/mol. The van der Waals surface area contributed by atoms with Crippen LogP contribution < -0.4 is 19.7 Å². The number of sulfonamides is 1. The first kappa shape index (κ1) is 39.0. The summed E-state index contributed by atoms with van der Waals surface area (Å²) in [4.78, 5) is 37.4. The summed E-state index contributed by atoms with van der Waals surface area (Å²) in [6, 6.07) is 22.3. The van der Waals surface area contributed by atoms with Crippen LogP contribution in [0.25, 0.3) is 11.0 Å². The first-order valence-electron chi connectivity index (χ1n) is 20.7. The molecule has 308 valence electrons. The summed E-state index contributed by atoms with van der Waals surface area (Å²) in [5, 5.41) is 16.0. The van der Waals surface area contributed by atoms with Gasteiger partial charge >= 0.3 is 0 Å². The van der Waals surface area contributed by atoms with Crippen molar-refractivity contribution in [2.75, 3.05) is 49.6 Å². The molecule has 3 aromatic carbocycles. The lowest BCUT2D eigenvalue weighted by molar-refractivity contribution is -0.384. The molecule has 59 heavy (non-hydrogen) atoms. The summed E-state index contributed by atoms with van der Waals surface area (Å²) in [6.45, 7) is 4.48. The number of ether oxygens (including phenoxy) is 2. The number of carbonyl (C=O) groups is 1. The number of anilines is 2. The highest BCUT2D eigenvalue weighted by Gasteiger charge is 2.37. The first-order valence-corrected chi connectivity index (χ1v) is 22.2. The summed E-state index contributed by atoms with van der Waals surface area (Å²) in [5.74, 6) is 0.585. The predicted octanol–water partition coefficient (Wildman–Crippen LogP) is 7.90. The number of H-pyrrole nitrogens is 1. The Kier molecular flexibility index (Phi) is 11.0. The van der Waals surface area contributed by atoms with Crippen LogP contribution in [0.5, 0.6) is 11.5 Å². The zero-order valence-electron chi connectivity index (χ0n) is 32.8. The number of aromatic nitrogens is 2. The van der Waals surface area contributed by atoms with Crippen LogP contribution in [0.15, 0.2) is 90.1 Å². The van der Waals surface area contributed by atoms with E-state index in [1.807, 2.05) is 12.1 Å². The van der Waals surface area contributed by atoms with E-state index in [4.69, 9.17) is 9.47 Å². The Morgan fingerprint density at radius 1 is 0.932 bits per heavy atom. The quantitative estimate of drug-likeness (QED) is 0.0779. The molecule has 15 heteroatoms. The third-order valence-corrected chi connectivity index (χ3v) is 13.7. The molecule has 0 bridgehead atoms. The summed E-state index contributed by atoms with van der Waals surface area (Å²) in [7, 11) is -4.54. The lowest BCUT2D eigenvalue weighted by Gasteiger charge is -2.41. The zero-order valence-corrected chi connectivity index (χ0v) is 33.7. The van der Waals surface area contributed by atoms with E-state index in [2.05, 4.69) is 54.1 Å². The van der Waals surface area contributed by atoms with Gasteiger partial charge in [-0.1, -0.05) is 24.3 Å². The number of aromatic amines is 1. The Labute approximate surface area is 343 Å². The lowest BCUT2D eigenvalue weighted by atomic mass is 9.93. The molecule has 1 unspecified atom stereocenters. The Morgan fingerprint density at radius 3 is 2.51 bits per heavy atom. The highest BCUT2D eigenvalue weighted by molar-refractivity contribution is 7.90. The van der Waals surface area contributed by atoms with Crippen LogP contribution >= 0.6 is 0 Å². The van der Waals surface area contributed by atoms with Gasteiger partial charge in [-0.25, -0.2) is 18.1 Å². The fourth-order valence-corrected chi connectivity index (χ4v) is 10.1. The highest BCUT2D eigenvalue weighted by Crippen LogP contribution is 2.46. The number of nitrogens with one attached hydrogen (secondary N) is 3. The van der Waals surface area contributed by atoms with Crippen LogP contribution in [0.3, 0.4) is 0 Å². The number of pyridine rings is 1. The van der Waals surface area contributed by atoms with Crippen molar-refractivity contribution in [2.45, 2.75) is 74.3 Å². The number of benzene rings is 3. The van der Waals surface area contributed by atoms with Crippen molar-refractivity contribution < 1.29 is 27.6 Å². The SMILES string of the molecule is O=C(NS(=O)(=O)c1ccc(NCC2CCOCC2)c([N+](=O)[O-])c1)c1ccc(N2CCC(N3CCCC3c3ccccc3C3CC3)CC2)cc1Oc1cnc2[nH]ccc2c1. The molecule has 3 N–H and O–H groups in total. The van der Waals surface area contributed by atoms with Crippen LogP contribution in [0.2, 0.25) is 0 Å². The van der Waals surface area contributed by atoms with E-state index >= 15 is 0 Å². The van der Waals surface area contributed by atoms with Gasteiger partial charge in [0.25, 0.3) is 21.6 Å². The molecule has 1 atom stereocenters. The number of rotatable bonds is 13. The van der Waals surface area contributed by atoms with Gasteiger partial charge in [-0.3, -0.25) is 19.8 Å². The van der Waals surface area contributed by atoms with Crippen molar-refractivity contribution in [3.05, 3.63) is 112 Å². The molecule has 0 spiro atoms. The molecule has 1 amide bonds. The molecule has 4 aliphatic rings. The van der Waals surface area contributed by atoms with E-state index in [1.165, 1.54) is 48.9 Å². The van der Waals surface area contributed by atoms with Gasteiger partial charge in [-0.05, 0) is 117 Å². The molecule has 3 saturated heterocycles. The van der Waals surface area contributed by atoms with E-state index in [0.29, 0.717) is 49.2 Å². The number of amides is 1. The third kappa shape index (κ3) is 8.50. The van der Waals surface area contributed by atoms with Gasteiger partial charge in [0.15, 0.2) is 0 Å². The second-order valence-corrected chi connectivity index (χ2v) is 17.9. The van der Waals surface area contributed by atoms with E-state index < -0.39 is 31.4 Å². The molecule has 9 rings (SSSR count). The molecule has 5 heterocycles. The van der Waals surface area contributed by atoms with Crippen molar-refractivity contribution in [1.82, 2.24) is 19.6 Å². The van der Waals surface area contributed by atoms with Crippen LogP contribution in [-0.4, -0.2) is 79.6 Å². The topological polar surface area (TPSA) is 172 Å². The largest absolute Gasteiger partial charge is 0.455 e. The van der Waals surface area contributed by atoms with Crippen molar-refractivity contribution in [3.8, 4) is 11.5 Å². The molecule has 5 aromatic rings. The molecule has 14 nitrogen and oxygen atoms in total. The minimum atomic E-state index is -4.54. The van der Waals surface area contributed by atoms with Crippen LogP contribution in [0.1, 0.15) is 84.8 Å². The molecular weight excluding hydrogens is 771 g/mol. The summed E-state index contributed by atoms with van der Waals surface area (Å²) in [5.41, 5.74) is 4.35. The number of piperidine rings is 1. The highest BCUT2D eigenvalue weighted by atomic mass is 32.2. The number of nitro benzene ring substituents is 1. The second-order valence-electron chi connectivity index (χ2n) is 16.2. The van der Waals surface area contributed by atoms with E-state index in [9.17, 15) is 23.3 Å². The van der Waals surface area contributed by atoms with Crippen molar-refractivity contribution in [1.29, 1.82) is 0 Å². The van der Waals surface area contributed by atoms with E-state index in [0.717, 1.165) is 62.5 Å². The fraction of sp³-hybridized carbons (Fsp3) is 0.409. The van der Waals surface area contributed by atoms with Crippen molar-refractivity contribution >= 4 is 44.0 Å². The number of likely N-dealkylation sites (tertiary alicyclic amines) is 1. The van der Waals surface area contributed by atoms with Crippen LogP contribution in [-0.2, 0) is 14.8 Å². The molecular formula is C44H49N7O7S. The minimum absolute atomic E-state index is 0.0140. The Morgan fingerprint density at radius 2 is 1.73 bits per heavy atom. The molecule has 2 aromatic heterocycles. The Hall–Kier alpha value is -5.51. The Balaban J connectivity index is 0.932. The van der Waals surface area contributed by atoms with Gasteiger partial charge in [0.2, 0.25) is 0 Å². The molecule has 1 aliphatic carbocycles. The maximum absolute atomic E-state index is 13.9. The van der Waals surface area contributed by atoms with Gasteiger partial charge in [-0.15, -0.1) is 0 Å². The molecule has 3 aliphatic heterocycles. The summed E-state index contributed by atoms with van der Waals surface area (Å²) < 4.78 is 41.2. The second kappa shape index (κ2) is 16.6. The third-order valence-electron chi connectivity index (χ3n) is 12.4. The lowest BCUT2D eigenvalue weighted by Crippen LogP contribution is -2.44. The normalized spacial score (nSPS) is 19.5. The van der Waals surface area contributed by atoms with Crippen LogP contribution in [0.4, 0.5) is 17.1 Å². The van der Waals surface area contributed by atoms with Crippen molar-refractivity contribution in [2.24, 2.45) is 5.92 Å². The summed E-state index contributed by atoms with van der Waals surface area (Å²) in [6.07, 6.45) is 11.9. The van der Waals surface area contributed by atoms with E-state index in [-0.39, 0.29) is 22.9 Å². The number of carbonyl (C=O) groups excluding carboxylic acids is 1. The van der Waals surface area contributed by atoms with E-state index in [1.54, 1.807) is 30.6 Å². The number of nitrogens with zero attached hydrogens (tertiary/aromatic N) is 4. The number of nitro groups is 1. The number of hydrogen-bond acceptors (Lipinski definition) is 11. The zero-order chi connectivity index (χ0) is 40.5. The average molecular weight is 820 g/mol. The monoisotopic (exact) mass is 819 g/mol. The van der Waals surface area contributed by atoms with Gasteiger partial charge in [-0.2, -0.15) is 0 Å². The first-order chi connectivity index (χ1) is 28.7. The molecule has 0 radical (unpaired) electrons. The maximum Gasteiger partial charge on any atom is 0.293 e. The van der Waals surface area contributed by atoms with Gasteiger partial charge in [0, 0.05) is 74.3 Å². The average Bonchev–Trinajstić information content (AvgIpc) is 3.79. The standard InChI is InChI=1S/C44H49N7O7S/c52-44(48-59(55,56)35-10-12-39(41(26-35)51(53)54)46-27-29-16-22-57-23-17-29)38-11-9-33(25-42(38)58-34-24-31-13-18-45-43(31)47-28-34)49-20-14-32(15-21-49)50-19-3-6-40(50)37-5-2-1-4-36(37)30-7-8-30/h1-2,4-5,9-13,18,24-26,28-30,32,40,46H,3,6-8,14-17,19-23,27H2,(H,45,47)(H,48,52). The minimum Gasteiger partial charge on any atom is -0.455 e. The van der Waals surface area contributed by atoms with Crippen LogP contribution in [0, 0.1) is 16.0 Å². The molecule has 1 saturated carbocycles. The smallest absolute Gasteiger partial charge is 0.293 e. The van der Waals surface area contributed by atoms with Gasteiger partial charge < -0.3 is 24.7 Å². The fourth-order valence-electron chi connectivity index (χ4n) is 9.10. The number of fused-ring (bicyclic) bond motifs is 1. The summed E-state index contributed by atoms with van der Waals surface area (Å²) >= 11 is 0. The number of hydrogen-bond donors (Lipinski definition) is 3. The van der Waals surface area contributed by atoms with Crippen molar-refractivity contribution in [3.63, 3.8) is 0 Å². The molecule has 4 fully saturated rings. The maximum atomic E-state index is 13.9. The van der Waals surface area contributed by atoms with Gasteiger partial charge in [0.05, 0.1) is 21.6 Å².